The number of anilines is 1. The normalized spacial score (nSPS) is 17.7. The number of aromatic nitrogens is 1. The third-order valence-electron chi connectivity index (χ3n) is 3.87. The van der Waals surface area contributed by atoms with Crippen molar-refractivity contribution >= 4 is 11.6 Å². The van der Waals surface area contributed by atoms with Crippen molar-refractivity contribution in [2.45, 2.75) is 13.0 Å². The van der Waals surface area contributed by atoms with Crippen LogP contribution < -0.4 is 10.2 Å². The molecule has 2 heterocycles. The van der Waals surface area contributed by atoms with E-state index in [1.165, 1.54) is 5.69 Å². The highest BCUT2D eigenvalue weighted by molar-refractivity contribution is 5.80. The molecule has 3 rings (SSSR count). The number of benzene rings is 1. The van der Waals surface area contributed by atoms with E-state index in [0.717, 1.165) is 25.1 Å². The fourth-order valence-corrected chi connectivity index (χ4v) is 2.68. The van der Waals surface area contributed by atoms with Crippen molar-refractivity contribution in [1.82, 2.24) is 10.3 Å². The fourth-order valence-electron chi connectivity index (χ4n) is 2.68. The van der Waals surface area contributed by atoms with E-state index in [2.05, 4.69) is 27.3 Å². The van der Waals surface area contributed by atoms with Crippen molar-refractivity contribution in [1.29, 1.82) is 0 Å². The fraction of sp³-hybridized carbons (Fsp3) is 0.294. The quantitative estimate of drug-likeness (QED) is 0.934. The summed E-state index contributed by atoms with van der Waals surface area (Å²) in [5, 5.41) is 3.01. The third kappa shape index (κ3) is 3.40. The number of carbonyl (C=O) groups is 1. The monoisotopic (exact) mass is 281 g/mol. The van der Waals surface area contributed by atoms with Gasteiger partial charge in [0.25, 0.3) is 0 Å². The number of hydrogen-bond donors (Lipinski definition) is 1. The van der Waals surface area contributed by atoms with Crippen molar-refractivity contribution in [3.8, 4) is 0 Å². The van der Waals surface area contributed by atoms with Gasteiger partial charge in [0.1, 0.15) is 0 Å². The van der Waals surface area contributed by atoms with E-state index in [4.69, 9.17) is 0 Å². The topological polar surface area (TPSA) is 45.2 Å². The molecule has 1 aromatic carbocycles. The van der Waals surface area contributed by atoms with Gasteiger partial charge in [0.2, 0.25) is 5.91 Å². The van der Waals surface area contributed by atoms with E-state index in [0.29, 0.717) is 6.54 Å². The average Bonchev–Trinajstić information content (AvgIpc) is 3.04. The number of pyridine rings is 1. The van der Waals surface area contributed by atoms with Crippen LogP contribution in [0.15, 0.2) is 54.9 Å². The zero-order valence-electron chi connectivity index (χ0n) is 11.9. The van der Waals surface area contributed by atoms with Crippen LogP contribution in [0.3, 0.4) is 0 Å². The van der Waals surface area contributed by atoms with Gasteiger partial charge in [-0.15, -0.1) is 0 Å². The van der Waals surface area contributed by atoms with Gasteiger partial charge < -0.3 is 10.2 Å². The molecule has 1 saturated heterocycles. The lowest BCUT2D eigenvalue weighted by Crippen LogP contribution is -2.32. The number of para-hydroxylation sites is 1. The lowest BCUT2D eigenvalue weighted by molar-refractivity contribution is -0.124. The van der Waals surface area contributed by atoms with Gasteiger partial charge in [-0.05, 0) is 30.2 Å². The van der Waals surface area contributed by atoms with E-state index in [9.17, 15) is 4.79 Å². The summed E-state index contributed by atoms with van der Waals surface area (Å²) in [6.07, 6.45) is 4.43. The van der Waals surface area contributed by atoms with Gasteiger partial charge in [-0.25, -0.2) is 0 Å². The van der Waals surface area contributed by atoms with Crippen LogP contribution in [0.4, 0.5) is 5.69 Å². The average molecular weight is 281 g/mol. The Hall–Kier alpha value is -2.36. The van der Waals surface area contributed by atoms with Crippen molar-refractivity contribution in [3.63, 3.8) is 0 Å². The van der Waals surface area contributed by atoms with E-state index >= 15 is 0 Å². The molecule has 1 aliphatic heterocycles. The van der Waals surface area contributed by atoms with Crippen molar-refractivity contribution in [2.75, 3.05) is 18.0 Å². The number of amides is 1. The van der Waals surface area contributed by atoms with Gasteiger partial charge in [0.05, 0.1) is 5.92 Å². The Balaban J connectivity index is 1.53. The van der Waals surface area contributed by atoms with Crippen molar-refractivity contribution < 1.29 is 4.79 Å². The Morgan fingerprint density at radius 1 is 1.24 bits per heavy atom. The maximum Gasteiger partial charge on any atom is 0.225 e. The first-order valence-electron chi connectivity index (χ1n) is 7.29. The summed E-state index contributed by atoms with van der Waals surface area (Å²) in [5.41, 5.74) is 2.23. The molecule has 1 atom stereocenters. The molecule has 0 bridgehead atoms. The van der Waals surface area contributed by atoms with Gasteiger partial charge in [-0.2, -0.15) is 0 Å². The summed E-state index contributed by atoms with van der Waals surface area (Å²) in [6, 6.07) is 14.1. The van der Waals surface area contributed by atoms with Gasteiger partial charge in [-0.1, -0.05) is 24.3 Å². The first-order valence-corrected chi connectivity index (χ1v) is 7.29. The molecule has 108 valence electrons. The van der Waals surface area contributed by atoms with Crippen LogP contribution in [-0.4, -0.2) is 24.0 Å². The van der Waals surface area contributed by atoms with Crippen LogP contribution in [0.25, 0.3) is 0 Å². The molecular weight excluding hydrogens is 262 g/mol. The van der Waals surface area contributed by atoms with Crippen LogP contribution in [0.1, 0.15) is 12.0 Å². The predicted octanol–water partition coefficient (Wildman–Crippen LogP) is 2.22. The number of nitrogens with one attached hydrogen (secondary N) is 1. The predicted molar refractivity (Wildman–Crippen MR) is 82.8 cm³/mol. The maximum absolute atomic E-state index is 12.2. The molecule has 1 aliphatic rings. The molecule has 0 spiro atoms. The van der Waals surface area contributed by atoms with Crippen molar-refractivity contribution in [3.05, 3.63) is 60.4 Å². The third-order valence-corrected chi connectivity index (χ3v) is 3.87. The summed E-state index contributed by atoms with van der Waals surface area (Å²) in [4.78, 5) is 18.6. The molecule has 1 N–H and O–H groups in total. The molecule has 1 aromatic heterocycles. The first kappa shape index (κ1) is 13.6. The molecule has 0 saturated carbocycles. The summed E-state index contributed by atoms with van der Waals surface area (Å²) in [5.74, 6) is 0.208. The minimum atomic E-state index is 0.0712. The van der Waals surface area contributed by atoms with Gasteiger partial charge in [0, 0.05) is 37.7 Å². The number of hydrogen-bond acceptors (Lipinski definition) is 3. The van der Waals surface area contributed by atoms with Crippen LogP contribution in [0.2, 0.25) is 0 Å². The highest BCUT2D eigenvalue weighted by Gasteiger charge is 2.28. The smallest absolute Gasteiger partial charge is 0.225 e. The molecule has 0 aliphatic carbocycles. The molecule has 2 aromatic rings. The Kier molecular flexibility index (Phi) is 4.15. The highest BCUT2D eigenvalue weighted by atomic mass is 16.1. The standard InChI is InChI=1S/C17H19N3O/c21-17(19-12-14-5-4-9-18-11-14)15-8-10-20(13-15)16-6-2-1-3-7-16/h1-7,9,11,15H,8,10,12-13H2,(H,19,21). The van der Waals surface area contributed by atoms with E-state index in [1.54, 1.807) is 12.4 Å². The minimum Gasteiger partial charge on any atom is -0.371 e. The maximum atomic E-state index is 12.2. The molecular formula is C17H19N3O. The van der Waals surface area contributed by atoms with Gasteiger partial charge in [0.15, 0.2) is 0 Å². The summed E-state index contributed by atoms with van der Waals surface area (Å²) >= 11 is 0. The van der Waals surface area contributed by atoms with Crippen LogP contribution in [0, 0.1) is 5.92 Å². The molecule has 21 heavy (non-hydrogen) atoms. The molecule has 1 unspecified atom stereocenters. The van der Waals surface area contributed by atoms with Gasteiger partial charge >= 0.3 is 0 Å². The van der Waals surface area contributed by atoms with Crippen LogP contribution in [-0.2, 0) is 11.3 Å². The van der Waals surface area contributed by atoms with Crippen LogP contribution >= 0.6 is 0 Å². The Bertz CT molecular complexity index is 585. The van der Waals surface area contributed by atoms with E-state index < -0.39 is 0 Å². The Morgan fingerprint density at radius 3 is 2.86 bits per heavy atom. The second-order valence-corrected chi connectivity index (χ2v) is 5.35. The Labute approximate surface area is 124 Å². The first-order chi connectivity index (χ1) is 10.3. The largest absolute Gasteiger partial charge is 0.371 e. The summed E-state index contributed by atoms with van der Waals surface area (Å²) < 4.78 is 0. The Morgan fingerprint density at radius 2 is 2.10 bits per heavy atom. The number of rotatable bonds is 4. The SMILES string of the molecule is O=C(NCc1cccnc1)C1CCN(c2ccccc2)C1. The lowest BCUT2D eigenvalue weighted by Gasteiger charge is -2.18. The molecule has 1 fully saturated rings. The molecule has 1 amide bonds. The lowest BCUT2D eigenvalue weighted by atomic mass is 10.1. The van der Waals surface area contributed by atoms with E-state index in [-0.39, 0.29) is 11.8 Å². The number of carbonyl (C=O) groups excluding carboxylic acids is 1. The zero-order chi connectivity index (χ0) is 14.5. The zero-order valence-corrected chi connectivity index (χ0v) is 11.9. The summed E-state index contributed by atoms with van der Waals surface area (Å²) in [7, 11) is 0. The summed E-state index contributed by atoms with van der Waals surface area (Å²) in [6.45, 7) is 2.28. The minimum absolute atomic E-state index is 0.0712. The molecule has 4 nitrogen and oxygen atoms in total. The second kappa shape index (κ2) is 6.39. The van der Waals surface area contributed by atoms with Crippen molar-refractivity contribution in [2.24, 2.45) is 5.92 Å². The highest BCUT2D eigenvalue weighted by Crippen LogP contribution is 2.23. The molecule has 4 heteroatoms. The van der Waals surface area contributed by atoms with Crippen LogP contribution in [0.5, 0.6) is 0 Å². The van der Waals surface area contributed by atoms with E-state index in [1.807, 2.05) is 30.3 Å². The van der Waals surface area contributed by atoms with Gasteiger partial charge in [-0.3, -0.25) is 9.78 Å². The second-order valence-electron chi connectivity index (χ2n) is 5.35. The number of nitrogens with zero attached hydrogens (tertiary/aromatic N) is 2. The molecule has 0 radical (unpaired) electrons.